The lowest BCUT2D eigenvalue weighted by atomic mass is 10.1. The van der Waals surface area contributed by atoms with E-state index in [4.69, 9.17) is 5.11 Å². The average molecular weight is 301 g/mol. The van der Waals surface area contributed by atoms with Crippen LogP contribution in [0.4, 0.5) is 0 Å². The topological polar surface area (TPSA) is 57.6 Å². The Hall–Kier alpha value is -1.84. The largest absolute Gasteiger partial charge is 0.481 e. The van der Waals surface area contributed by atoms with Crippen LogP contribution in [0.15, 0.2) is 30.3 Å². The summed E-state index contributed by atoms with van der Waals surface area (Å²) >= 11 is 0. The van der Waals surface area contributed by atoms with Gasteiger partial charge in [-0.05, 0) is 43.1 Å². The number of amides is 1. The van der Waals surface area contributed by atoms with Crippen LogP contribution in [0.2, 0.25) is 0 Å². The van der Waals surface area contributed by atoms with Crippen LogP contribution in [0.3, 0.4) is 0 Å². The summed E-state index contributed by atoms with van der Waals surface area (Å²) < 4.78 is 0. The van der Waals surface area contributed by atoms with Gasteiger partial charge in [0.05, 0.1) is 0 Å². The third kappa shape index (κ3) is 3.87. The van der Waals surface area contributed by atoms with Gasteiger partial charge >= 0.3 is 5.97 Å². The Bertz CT molecular complexity index is 539. The average Bonchev–Trinajstić information content (AvgIpc) is 3.38. The molecule has 2 saturated carbocycles. The fourth-order valence-electron chi connectivity index (χ4n) is 3.27. The molecule has 1 aromatic carbocycles. The van der Waals surface area contributed by atoms with Crippen molar-refractivity contribution in [1.29, 1.82) is 0 Å². The van der Waals surface area contributed by atoms with E-state index in [9.17, 15) is 9.59 Å². The highest BCUT2D eigenvalue weighted by Gasteiger charge is 2.52. The minimum Gasteiger partial charge on any atom is -0.481 e. The van der Waals surface area contributed by atoms with E-state index >= 15 is 0 Å². The number of aliphatic carboxylic acids is 1. The minimum absolute atomic E-state index is 0.120. The number of carbonyl (C=O) groups excluding carboxylic acids is 1. The van der Waals surface area contributed by atoms with Crippen LogP contribution in [0.5, 0.6) is 0 Å². The first-order valence-electron chi connectivity index (χ1n) is 8.19. The summed E-state index contributed by atoms with van der Waals surface area (Å²) in [5.74, 6) is 1.01. The summed E-state index contributed by atoms with van der Waals surface area (Å²) in [4.78, 5) is 25.3. The van der Waals surface area contributed by atoms with Crippen LogP contribution in [-0.2, 0) is 16.1 Å². The lowest BCUT2D eigenvalue weighted by molar-refractivity contribution is -0.138. The fourth-order valence-corrected chi connectivity index (χ4v) is 3.27. The molecule has 3 rings (SSSR count). The summed E-state index contributed by atoms with van der Waals surface area (Å²) in [6, 6.07) is 9.94. The second-order valence-electron chi connectivity index (χ2n) is 6.59. The molecule has 1 amide bonds. The Labute approximate surface area is 131 Å². The van der Waals surface area contributed by atoms with E-state index in [0.717, 1.165) is 17.9 Å². The van der Waals surface area contributed by atoms with Gasteiger partial charge in [0.1, 0.15) is 0 Å². The minimum atomic E-state index is -0.797. The van der Waals surface area contributed by atoms with Crippen LogP contribution in [0, 0.1) is 17.8 Å². The van der Waals surface area contributed by atoms with Gasteiger partial charge in [-0.2, -0.15) is 0 Å². The maximum absolute atomic E-state index is 12.7. The first-order chi connectivity index (χ1) is 10.6. The molecule has 0 heterocycles. The van der Waals surface area contributed by atoms with E-state index in [1.54, 1.807) is 0 Å². The van der Waals surface area contributed by atoms with Gasteiger partial charge in [0.15, 0.2) is 0 Å². The molecular weight excluding hydrogens is 278 g/mol. The number of carbonyl (C=O) groups is 2. The molecule has 1 aromatic rings. The van der Waals surface area contributed by atoms with Crippen LogP contribution >= 0.6 is 0 Å². The summed E-state index contributed by atoms with van der Waals surface area (Å²) in [7, 11) is 0. The molecule has 2 aliphatic rings. The molecule has 0 spiro atoms. The molecule has 2 atom stereocenters. The Morgan fingerprint density at radius 1 is 1.18 bits per heavy atom. The van der Waals surface area contributed by atoms with E-state index in [-0.39, 0.29) is 18.2 Å². The summed E-state index contributed by atoms with van der Waals surface area (Å²) in [5, 5.41) is 8.80. The molecule has 0 aromatic heterocycles. The van der Waals surface area contributed by atoms with Crippen molar-refractivity contribution < 1.29 is 14.7 Å². The second kappa shape index (κ2) is 6.51. The smallest absolute Gasteiger partial charge is 0.303 e. The van der Waals surface area contributed by atoms with E-state index in [1.807, 2.05) is 35.2 Å². The van der Waals surface area contributed by atoms with Crippen LogP contribution in [0.1, 0.15) is 37.7 Å². The monoisotopic (exact) mass is 301 g/mol. The molecule has 0 saturated heterocycles. The van der Waals surface area contributed by atoms with Crippen molar-refractivity contribution in [1.82, 2.24) is 4.90 Å². The van der Waals surface area contributed by atoms with Crippen molar-refractivity contribution in [2.24, 2.45) is 17.8 Å². The van der Waals surface area contributed by atoms with Gasteiger partial charge in [-0.15, -0.1) is 0 Å². The van der Waals surface area contributed by atoms with Gasteiger partial charge in [0, 0.05) is 25.4 Å². The Morgan fingerprint density at radius 2 is 1.91 bits per heavy atom. The number of carboxylic acids is 1. The third-order valence-corrected chi connectivity index (χ3v) is 4.73. The highest BCUT2D eigenvalue weighted by Crippen LogP contribution is 2.54. The Kier molecular flexibility index (Phi) is 4.46. The van der Waals surface area contributed by atoms with Crippen LogP contribution in [-0.4, -0.2) is 28.4 Å². The fraction of sp³-hybridized carbons (Fsp3) is 0.556. The number of hydrogen-bond acceptors (Lipinski definition) is 2. The molecule has 4 heteroatoms. The van der Waals surface area contributed by atoms with Gasteiger partial charge in [-0.25, -0.2) is 0 Å². The number of rotatable bonds is 8. The van der Waals surface area contributed by atoms with Crippen molar-refractivity contribution in [3.05, 3.63) is 35.9 Å². The van der Waals surface area contributed by atoms with Gasteiger partial charge in [0.2, 0.25) is 5.91 Å². The van der Waals surface area contributed by atoms with Crippen LogP contribution < -0.4 is 0 Å². The molecular formula is C18H23NO3. The molecule has 0 bridgehead atoms. The first kappa shape index (κ1) is 15.1. The molecule has 0 aliphatic heterocycles. The zero-order valence-corrected chi connectivity index (χ0v) is 12.8. The SMILES string of the molecule is O=C(O)CCCN(Cc1ccccc1)C(=O)[C@H]1C[C@@H]1C1CC1. The number of benzene rings is 1. The predicted molar refractivity (Wildman–Crippen MR) is 83.0 cm³/mol. The summed E-state index contributed by atoms with van der Waals surface area (Å²) in [5.41, 5.74) is 1.11. The normalized spacial score (nSPS) is 23.1. The number of nitrogens with zero attached hydrogens (tertiary/aromatic N) is 1. The molecule has 0 radical (unpaired) electrons. The molecule has 2 fully saturated rings. The van der Waals surface area contributed by atoms with Gasteiger partial charge in [-0.3, -0.25) is 9.59 Å². The maximum atomic E-state index is 12.7. The van der Waals surface area contributed by atoms with Gasteiger partial charge < -0.3 is 10.0 Å². The highest BCUT2D eigenvalue weighted by atomic mass is 16.4. The summed E-state index contributed by atoms with van der Waals surface area (Å²) in [6.45, 7) is 1.13. The van der Waals surface area contributed by atoms with E-state index < -0.39 is 5.97 Å². The lowest BCUT2D eigenvalue weighted by Crippen LogP contribution is -2.33. The van der Waals surface area contributed by atoms with Crippen molar-refractivity contribution in [2.75, 3.05) is 6.54 Å². The molecule has 22 heavy (non-hydrogen) atoms. The zero-order chi connectivity index (χ0) is 15.5. The predicted octanol–water partition coefficient (Wildman–Crippen LogP) is 2.93. The molecule has 1 N–H and O–H groups in total. The molecule has 4 nitrogen and oxygen atoms in total. The number of hydrogen-bond donors (Lipinski definition) is 1. The van der Waals surface area contributed by atoms with Gasteiger partial charge in [0.25, 0.3) is 0 Å². The molecule has 2 aliphatic carbocycles. The van der Waals surface area contributed by atoms with Crippen LogP contribution in [0.25, 0.3) is 0 Å². The first-order valence-corrected chi connectivity index (χ1v) is 8.19. The van der Waals surface area contributed by atoms with E-state index in [0.29, 0.717) is 25.4 Å². The summed E-state index contributed by atoms with van der Waals surface area (Å²) in [6.07, 6.45) is 4.25. The van der Waals surface area contributed by atoms with E-state index in [1.165, 1.54) is 12.8 Å². The number of carboxylic acid groups (broad SMARTS) is 1. The zero-order valence-electron chi connectivity index (χ0n) is 12.8. The standard InChI is InChI=1S/C18H23NO3/c20-17(21)7-4-10-19(12-13-5-2-1-3-6-13)18(22)16-11-15(16)14-8-9-14/h1-3,5-6,14-16H,4,7-12H2,(H,20,21)/t15-,16+/m1/s1. The van der Waals surface area contributed by atoms with Crippen molar-refractivity contribution in [3.8, 4) is 0 Å². The highest BCUT2D eigenvalue weighted by molar-refractivity contribution is 5.82. The van der Waals surface area contributed by atoms with Crippen molar-refractivity contribution in [3.63, 3.8) is 0 Å². The van der Waals surface area contributed by atoms with Gasteiger partial charge in [-0.1, -0.05) is 30.3 Å². The quantitative estimate of drug-likeness (QED) is 0.803. The second-order valence-corrected chi connectivity index (χ2v) is 6.59. The third-order valence-electron chi connectivity index (χ3n) is 4.73. The van der Waals surface area contributed by atoms with Crippen molar-refractivity contribution >= 4 is 11.9 Å². The Balaban J connectivity index is 1.60. The lowest BCUT2D eigenvalue weighted by Gasteiger charge is -2.23. The molecule has 0 unspecified atom stereocenters. The maximum Gasteiger partial charge on any atom is 0.303 e. The Morgan fingerprint density at radius 3 is 2.55 bits per heavy atom. The molecule has 118 valence electrons. The van der Waals surface area contributed by atoms with Crippen molar-refractivity contribution in [2.45, 2.75) is 38.6 Å². The van der Waals surface area contributed by atoms with E-state index in [2.05, 4.69) is 0 Å².